The summed E-state index contributed by atoms with van der Waals surface area (Å²) in [5, 5.41) is 11.8. The van der Waals surface area contributed by atoms with E-state index in [4.69, 9.17) is 5.11 Å². The van der Waals surface area contributed by atoms with Crippen LogP contribution in [0.1, 0.15) is 25.1 Å². The Morgan fingerprint density at radius 1 is 1.56 bits per heavy atom. The molecule has 18 heavy (non-hydrogen) atoms. The van der Waals surface area contributed by atoms with Crippen LogP contribution in [-0.4, -0.2) is 39.6 Å². The number of carbonyl (C=O) groups excluding carboxylic acids is 1. The van der Waals surface area contributed by atoms with Crippen LogP contribution in [0.15, 0.2) is 6.20 Å². The van der Waals surface area contributed by atoms with Crippen molar-refractivity contribution in [3.63, 3.8) is 0 Å². The monoisotopic (exact) mass is 271 g/mol. The quantitative estimate of drug-likeness (QED) is 0.859. The predicted octanol–water partition coefficient (Wildman–Crippen LogP) is 2.17. The molecule has 0 unspecified atom stereocenters. The van der Waals surface area contributed by atoms with Crippen LogP contribution in [-0.2, 0) is 4.79 Å². The van der Waals surface area contributed by atoms with Crippen molar-refractivity contribution in [2.45, 2.75) is 33.2 Å². The maximum Gasteiger partial charge on any atom is 0.323 e. The lowest BCUT2D eigenvalue weighted by atomic mass is 10.3. The Bertz CT molecular complexity index is 431. The van der Waals surface area contributed by atoms with Crippen LogP contribution in [0.25, 0.3) is 0 Å². The molecule has 6 nitrogen and oxygen atoms in total. The molecule has 0 fully saturated rings. The number of rotatable bonds is 5. The summed E-state index contributed by atoms with van der Waals surface area (Å²) in [6, 6.07) is -0.383. The average Bonchev–Trinajstić information content (AvgIpc) is 2.63. The number of thiazole rings is 1. The third-order valence-corrected chi connectivity index (χ3v) is 3.11. The summed E-state index contributed by atoms with van der Waals surface area (Å²) in [5.74, 6) is -0.918. The Kier molecular flexibility index (Phi) is 5.08. The SMILES string of the molecule is Cc1cnc(NC(=O)N(CCC(=O)O)C(C)C)s1. The molecule has 0 radical (unpaired) electrons. The Hall–Kier alpha value is -1.63. The number of hydrogen-bond donors (Lipinski definition) is 2. The van der Waals surface area contributed by atoms with Crippen molar-refractivity contribution in [3.05, 3.63) is 11.1 Å². The van der Waals surface area contributed by atoms with Gasteiger partial charge in [0, 0.05) is 23.7 Å². The number of aromatic nitrogens is 1. The van der Waals surface area contributed by atoms with E-state index in [1.807, 2.05) is 20.8 Å². The zero-order valence-corrected chi connectivity index (χ0v) is 11.5. The third-order valence-electron chi connectivity index (χ3n) is 2.29. The standard InChI is InChI=1S/C11H17N3O3S/c1-7(2)14(5-4-9(15)16)11(17)13-10-12-6-8(3)18-10/h6-7H,4-5H2,1-3H3,(H,15,16)(H,12,13,17). The molecular formula is C11H17N3O3S. The van der Waals surface area contributed by atoms with Gasteiger partial charge in [-0.3, -0.25) is 10.1 Å². The smallest absolute Gasteiger partial charge is 0.323 e. The lowest BCUT2D eigenvalue weighted by molar-refractivity contribution is -0.137. The number of nitrogens with one attached hydrogen (secondary N) is 1. The number of aryl methyl sites for hydroxylation is 1. The van der Waals surface area contributed by atoms with Gasteiger partial charge in [-0.25, -0.2) is 9.78 Å². The average molecular weight is 271 g/mol. The number of carboxylic acids is 1. The number of carboxylic acid groups (broad SMARTS) is 1. The molecule has 0 spiro atoms. The van der Waals surface area contributed by atoms with Crippen LogP contribution >= 0.6 is 11.3 Å². The maximum absolute atomic E-state index is 12.0. The van der Waals surface area contributed by atoms with Gasteiger partial charge in [0.05, 0.1) is 6.42 Å². The first-order valence-corrected chi connectivity index (χ1v) is 6.43. The highest BCUT2D eigenvalue weighted by atomic mass is 32.1. The number of nitrogens with zero attached hydrogens (tertiary/aromatic N) is 2. The van der Waals surface area contributed by atoms with Gasteiger partial charge in [0.1, 0.15) is 0 Å². The van der Waals surface area contributed by atoms with Gasteiger partial charge in [0.2, 0.25) is 0 Å². The molecule has 7 heteroatoms. The van der Waals surface area contributed by atoms with Gasteiger partial charge < -0.3 is 10.0 Å². The molecular weight excluding hydrogens is 254 g/mol. The van der Waals surface area contributed by atoms with Crippen molar-refractivity contribution in [3.8, 4) is 0 Å². The highest BCUT2D eigenvalue weighted by Crippen LogP contribution is 2.17. The number of aliphatic carboxylic acids is 1. The molecule has 0 aliphatic heterocycles. The molecule has 0 aromatic carbocycles. The fourth-order valence-corrected chi connectivity index (χ4v) is 2.04. The fourth-order valence-electron chi connectivity index (χ4n) is 1.39. The van der Waals surface area contributed by atoms with Crippen molar-refractivity contribution in [2.24, 2.45) is 0 Å². The van der Waals surface area contributed by atoms with E-state index in [0.717, 1.165) is 4.88 Å². The first-order chi connectivity index (χ1) is 8.40. The minimum Gasteiger partial charge on any atom is -0.481 e. The molecule has 2 N–H and O–H groups in total. The zero-order chi connectivity index (χ0) is 13.7. The first kappa shape index (κ1) is 14.4. The van der Waals surface area contributed by atoms with Gasteiger partial charge in [-0.2, -0.15) is 0 Å². The van der Waals surface area contributed by atoms with E-state index in [0.29, 0.717) is 5.13 Å². The van der Waals surface area contributed by atoms with Crippen LogP contribution in [0.4, 0.5) is 9.93 Å². The summed E-state index contributed by atoms with van der Waals surface area (Å²) in [5.41, 5.74) is 0. The normalized spacial score (nSPS) is 10.4. The number of carbonyl (C=O) groups is 2. The summed E-state index contributed by atoms with van der Waals surface area (Å²) in [4.78, 5) is 29.0. The Balaban J connectivity index is 2.62. The van der Waals surface area contributed by atoms with E-state index in [9.17, 15) is 9.59 Å². The van der Waals surface area contributed by atoms with E-state index in [-0.39, 0.29) is 25.0 Å². The molecule has 1 heterocycles. The highest BCUT2D eigenvalue weighted by Gasteiger charge is 2.18. The van der Waals surface area contributed by atoms with Crippen molar-refractivity contribution in [2.75, 3.05) is 11.9 Å². The summed E-state index contributed by atoms with van der Waals surface area (Å²) in [7, 11) is 0. The van der Waals surface area contributed by atoms with Crippen LogP contribution < -0.4 is 5.32 Å². The second-order valence-electron chi connectivity index (χ2n) is 4.14. The zero-order valence-electron chi connectivity index (χ0n) is 10.6. The summed E-state index contributed by atoms with van der Waals surface area (Å²) in [6.07, 6.45) is 1.61. The molecule has 0 aliphatic rings. The molecule has 1 rings (SSSR count). The summed E-state index contributed by atoms with van der Waals surface area (Å²) in [6.45, 7) is 5.77. The Morgan fingerprint density at radius 3 is 2.67 bits per heavy atom. The topological polar surface area (TPSA) is 82.5 Å². The number of amides is 2. The van der Waals surface area contributed by atoms with E-state index in [1.54, 1.807) is 6.20 Å². The minimum absolute atomic E-state index is 0.0644. The maximum atomic E-state index is 12.0. The number of anilines is 1. The van der Waals surface area contributed by atoms with Gasteiger partial charge >= 0.3 is 12.0 Å². The lowest BCUT2D eigenvalue weighted by Gasteiger charge is -2.25. The molecule has 1 aromatic heterocycles. The van der Waals surface area contributed by atoms with Gasteiger partial charge in [-0.1, -0.05) is 0 Å². The van der Waals surface area contributed by atoms with Crippen LogP contribution in [0.3, 0.4) is 0 Å². The van der Waals surface area contributed by atoms with Crippen molar-refractivity contribution in [1.29, 1.82) is 0 Å². The van der Waals surface area contributed by atoms with Crippen molar-refractivity contribution in [1.82, 2.24) is 9.88 Å². The van der Waals surface area contributed by atoms with Crippen LogP contribution in [0.5, 0.6) is 0 Å². The molecule has 100 valence electrons. The molecule has 0 bridgehead atoms. The van der Waals surface area contributed by atoms with Crippen LogP contribution in [0, 0.1) is 6.92 Å². The summed E-state index contributed by atoms with van der Waals surface area (Å²) < 4.78 is 0. The van der Waals surface area contributed by atoms with E-state index < -0.39 is 5.97 Å². The van der Waals surface area contributed by atoms with E-state index in [1.165, 1.54) is 16.2 Å². The first-order valence-electron chi connectivity index (χ1n) is 5.62. The van der Waals surface area contributed by atoms with Gasteiger partial charge in [-0.15, -0.1) is 11.3 Å². The second-order valence-corrected chi connectivity index (χ2v) is 5.37. The largest absolute Gasteiger partial charge is 0.481 e. The lowest BCUT2D eigenvalue weighted by Crippen LogP contribution is -2.41. The Morgan fingerprint density at radius 2 is 2.22 bits per heavy atom. The fraction of sp³-hybridized carbons (Fsp3) is 0.545. The Labute approximate surface area is 110 Å². The number of urea groups is 1. The third kappa shape index (κ3) is 4.33. The van der Waals surface area contributed by atoms with Crippen molar-refractivity contribution < 1.29 is 14.7 Å². The minimum atomic E-state index is -0.918. The van der Waals surface area contributed by atoms with Crippen LogP contribution in [0.2, 0.25) is 0 Å². The molecule has 1 aromatic rings. The van der Waals surface area contributed by atoms with Crippen molar-refractivity contribution >= 4 is 28.5 Å². The number of hydrogen-bond acceptors (Lipinski definition) is 4. The van der Waals surface area contributed by atoms with E-state index in [2.05, 4.69) is 10.3 Å². The predicted molar refractivity (Wildman–Crippen MR) is 70.0 cm³/mol. The van der Waals surface area contributed by atoms with Gasteiger partial charge in [-0.05, 0) is 20.8 Å². The molecule has 0 saturated heterocycles. The molecule has 0 saturated carbocycles. The molecule has 0 aliphatic carbocycles. The highest BCUT2D eigenvalue weighted by molar-refractivity contribution is 7.15. The molecule has 2 amide bonds. The summed E-state index contributed by atoms with van der Waals surface area (Å²) >= 11 is 1.38. The second kappa shape index (κ2) is 6.34. The van der Waals surface area contributed by atoms with Gasteiger partial charge in [0.15, 0.2) is 5.13 Å². The van der Waals surface area contributed by atoms with E-state index >= 15 is 0 Å². The van der Waals surface area contributed by atoms with Gasteiger partial charge in [0.25, 0.3) is 0 Å². The molecule has 0 atom stereocenters.